The van der Waals surface area contributed by atoms with Crippen LogP contribution in [0, 0.1) is 5.41 Å². The third-order valence-corrected chi connectivity index (χ3v) is 6.06. The molecule has 2 atom stereocenters. The summed E-state index contributed by atoms with van der Waals surface area (Å²) in [7, 11) is 0. The van der Waals surface area contributed by atoms with Crippen LogP contribution in [0.25, 0.3) is 0 Å². The molecule has 9 heteroatoms. The fourth-order valence-corrected chi connectivity index (χ4v) is 4.04. The maximum absolute atomic E-state index is 12.2. The Labute approximate surface area is 148 Å². The summed E-state index contributed by atoms with van der Waals surface area (Å²) in [5.74, 6) is 0. The molecule has 2 rings (SSSR count). The van der Waals surface area contributed by atoms with Crippen molar-refractivity contribution >= 4 is 28.9 Å². The molecule has 2 heterocycles. The molecule has 0 aromatic carbocycles. The summed E-state index contributed by atoms with van der Waals surface area (Å²) >= 11 is 4.57. The number of piperidine rings is 1. The maximum Gasteiger partial charge on any atom is 0.407 e. The van der Waals surface area contributed by atoms with Crippen LogP contribution in [0.1, 0.15) is 20.3 Å². The smallest absolute Gasteiger partial charge is 0.407 e. The normalized spacial score (nSPS) is 24.7. The van der Waals surface area contributed by atoms with E-state index in [1.807, 2.05) is 0 Å². The monoisotopic (exact) mass is 376 g/mol. The number of carbonyl (C=O) groups is 1. The quantitative estimate of drug-likeness (QED) is 0.775. The molecule has 134 valence electrons. The van der Waals surface area contributed by atoms with Gasteiger partial charge < -0.3 is 24.2 Å². The number of aromatic nitrogens is 1. The fourth-order valence-electron chi connectivity index (χ4n) is 2.96. The molecule has 2 unspecified atom stereocenters. The predicted molar refractivity (Wildman–Crippen MR) is 91.0 cm³/mol. The molecule has 7 nitrogen and oxygen atoms in total. The van der Waals surface area contributed by atoms with E-state index in [0.717, 1.165) is 0 Å². The van der Waals surface area contributed by atoms with E-state index in [2.05, 4.69) is 0 Å². The van der Waals surface area contributed by atoms with Gasteiger partial charge in [-0.3, -0.25) is 4.79 Å². The molecule has 0 spiro atoms. The average Bonchev–Trinajstić information content (AvgIpc) is 2.44. The lowest BCUT2D eigenvalue weighted by Gasteiger charge is -2.49. The molecule has 1 aliphatic heterocycles. The van der Waals surface area contributed by atoms with Crippen molar-refractivity contribution in [2.45, 2.75) is 37.3 Å². The standard InChI is InChI=1S/C15H21ClN2O5S/c1-14(2)8-17(13(20)21)5-4-15(14,22)9-18-7-11(24(3)23)10(16)6-12(18)19/h6-7,22H,4-5,8-9H2,1-3H3,(H,20,21). The van der Waals surface area contributed by atoms with Crippen LogP contribution in [0.3, 0.4) is 0 Å². The number of pyridine rings is 1. The molecule has 0 radical (unpaired) electrons. The predicted octanol–water partition coefficient (Wildman–Crippen LogP) is 1.38. The van der Waals surface area contributed by atoms with Gasteiger partial charge in [-0.05, 0) is 17.6 Å². The average molecular weight is 377 g/mol. The first-order valence-corrected chi connectivity index (χ1v) is 9.34. The van der Waals surface area contributed by atoms with Crippen molar-refractivity contribution in [1.82, 2.24) is 9.47 Å². The molecule has 1 aliphatic rings. The fraction of sp³-hybridized carbons (Fsp3) is 0.600. The lowest BCUT2D eigenvalue weighted by Crippen LogP contribution is -2.60. The Bertz CT molecular complexity index is 706. The van der Waals surface area contributed by atoms with Gasteiger partial charge in [0, 0.05) is 24.6 Å². The van der Waals surface area contributed by atoms with Crippen LogP contribution < -0.4 is 5.56 Å². The molecule has 1 aromatic rings. The van der Waals surface area contributed by atoms with Crippen LogP contribution in [0.15, 0.2) is 22.0 Å². The van der Waals surface area contributed by atoms with E-state index < -0.39 is 33.8 Å². The Hall–Kier alpha value is -1.22. The second-order valence-corrected chi connectivity index (χ2v) is 8.53. The molecule has 24 heavy (non-hydrogen) atoms. The number of hydrogen-bond donors (Lipinski definition) is 2. The van der Waals surface area contributed by atoms with E-state index in [0.29, 0.717) is 4.90 Å². The number of hydrogen-bond acceptors (Lipinski definition) is 4. The van der Waals surface area contributed by atoms with Crippen LogP contribution >= 0.6 is 11.6 Å². The summed E-state index contributed by atoms with van der Waals surface area (Å²) < 4.78 is 13.0. The minimum atomic E-state index is -1.37. The molecule has 1 saturated heterocycles. The van der Waals surface area contributed by atoms with E-state index in [9.17, 15) is 19.2 Å². The number of halogens is 1. The van der Waals surface area contributed by atoms with Crippen molar-refractivity contribution in [1.29, 1.82) is 0 Å². The summed E-state index contributed by atoms with van der Waals surface area (Å²) in [6.45, 7) is 3.86. The van der Waals surface area contributed by atoms with Crippen LogP contribution in [-0.4, -0.2) is 55.3 Å². The second kappa shape index (κ2) is 6.59. The summed E-state index contributed by atoms with van der Waals surface area (Å²) in [5, 5.41) is 20.4. The van der Waals surface area contributed by atoms with Crippen LogP contribution in [0.2, 0.25) is 5.02 Å². The first kappa shape index (κ1) is 19.1. The van der Waals surface area contributed by atoms with Crippen LogP contribution in [0.4, 0.5) is 4.79 Å². The highest BCUT2D eigenvalue weighted by atomic mass is 35.5. The lowest BCUT2D eigenvalue weighted by molar-refractivity contribution is -0.123. The zero-order chi connectivity index (χ0) is 18.3. The number of carboxylic acid groups (broad SMARTS) is 1. The number of aliphatic hydroxyl groups is 1. The van der Waals surface area contributed by atoms with Crippen LogP contribution in [0.5, 0.6) is 0 Å². The molecule has 1 aromatic heterocycles. The topological polar surface area (TPSA) is 106 Å². The molecule has 0 bridgehead atoms. The molecule has 0 saturated carbocycles. The van der Waals surface area contributed by atoms with Crippen molar-refractivity contribution in [2.24, 2.45) is 5.41 Å². The minimum Gasteiger partial charge on any atom is -0.612 e. The third kappa shape index (κ3) is 3.56. The Morgan fingerprint density at radius 2 is 2.12 bits per heavy atom. The zero-order valence-corrected chi connectivity index (χ0v) is 15.4. The van der Waals surface area contributed by atoms with Gasteiger partial charge in [0.05, 0.1) is 18.3 Å². The van der Waals surface area contributed by atoms with Gasteiger partial charge in [-0.2, -0.15) is 0 Å². The van der Waals surface area contributed by atoms with Gasteiger partial charge in [0.1, 0.15) is 11.3 Å². The summed E-state index contributed by atoms with van der Waals surface area (Å²) in [5.41, 5.74) is -2.43. The SMILES string of the molecule is C[S+]([O-])c1cn(CC2(O)CCN(C(=O)O)CC2(C)C)c(=O)cc1Cl. The number of amides is 1. The first-order chi connectivity index (χ1) is 11.0. The number of nitrogens with zero attached hydrogens (tertiary/aromatic N) is 2. The minimum absolute atomic E-state index is 0.0202. The van der Waals surface area contributed by atoms with E-state index >= 15 is 0 Å². The largest absolute Gasteiger partial charge is 0.612 e. The first-order valence-electron chi connectivity index (χ1n) is 7.40. The highest BCUT2D eigenvalue weighted by Gasteiger charge is 2.49. The summed E-state index contributed by atoms with van der Waals surface area (Å²) in [6.07, 6.45) is 2.03. The molecule has 2 N–H and O–H groups in total. The highest BCUT2D eigenvalue weighted by Crippen LogP contribution is 2.39. The third-order valence-electron chi connectivity index (χ3n) is 4.70. The van der Waals surface area contributed by atoms with Crippen molar-refractivity contribution < 1.29 is 19.6 Å². The highest BCUT2D eigenvalue weighted by molar-refractivity contribution is 7.90. The second-order valence-electron chi connectivity index (χ2n) is 6.78. The van der Waals surface area contributed by atoms with Crippen molar-refractivity contribution in [3.63, 3.8) is 0 Å². The van der Waals surface area contributed by atoms with Crippen molar-refractivity contribution in [3.05, 3.63) is 27.6 Å². The molecule has 1 amide bonds. The van der Waals surface area contributed by atoms with Gasteiger partial charge in [0.25, 0.3) is 5.56 Å². The van der Waals surface area contributed by atoms with E-state index in [1.54, 1.807) is 13.8 Å². The number of rotatable bonds is 3. The Morgan fingerprint density at radius 1 is 1.50 bits per heavy atom. The summed E-state index contributed by atoms with van der Waals surface area (Å²) in [6, 6.07) is 1.18. The van der Waals surface area contributed by atoms with E-state index in [4.69, 9.17) is 16.7 Å². The number of likely N-dealkylation sites (tertiary alicyclic amines) is 1. The molecule has 1 fully saturated rings. The van der Waals surface area contributed by atoms with E-state index in [-0.39, 0.29) is 31.1 Å². The Balaban J connectivity index is 2.35. The van der Waals surface area contributed by atoms with Crippen molar-refractivity contribution in [3.8, 4) is 0 Å². The van der Waals surface area contributed by atoms with Crippen LogP contribution in [-0.2, 0) is 17.7 Å². The van der Waals surface area contributed by atoms with Gasteiger partial charge >= 0.3 is 6.09 Å². The zero-order valence-electron chi connectivity index (χ0n) is 13.8. The maximum atomic E-state index is 12.2. The van der Waals surface area contributed by atoms with Gasteiger partial charge in [0.15, 0.2) is 4.90 Å². The van der Waals surface area contributed by atoms with Gasteiger partial charge in [-0.15, -0.1) is 0 Å². The molecule has 0 aliphatic carbocycles. The van der Waals surface area contributed by atoms with Gasteiger partial charge in [-0.25, -0.2) is 4.79 Å². The van der Waals surface area contributed by atoms with Crippen molar-refractivity contribution in [2.75, 3.05) is 19.3 Å². The molecular weight excluding hydrogens is 356 g/mol. The lowest BCUT2D eigenvalue weighted by atomic mass is 9.70. The Kier molecular flexibility index (Phi) is 5.25. The summed E-state index contributed by atoms with van der Waals surface area (Å²) in [4.78, 5) is 24.9. The Morgan fingerprint density at radius 3 is 2.62 bits per heavy atom. The van der Waals surface area contributed by atoms with E-state index in [1.165, 1.54) is 28.0 Å². The van der Waals surface area contributed by atoms with Gasteiger partial charge in [0.2, 0.25) is 0 Å². The molecular formula is C15H21ClN2O5S. The van der Waals surface area contributed by atoms with Gasteiger partial charge in [-0.1, -0.05) is 25.4 Å².